The molecule has 0 radical (unpaired) electrons. The molecule has 0 aromatic carbocycles. The van der Waals surface area contributed by atoms with E-state index in [0.29, 0.717) is 17.4 Å². The van der Waals surface area contributed by atoms with Crippen LogP contribution in [0.5, 0.6) is 5.88 Å². The number of methoxy groups -OCH3 is 1. The quantitative estimate of drug-likeness (QED) is 0.807. The van der Waals surface area contributed by atoms with E-state index < -0.39 is 11.9 Å². The second-order valence-corrected chi connectivity index (χ2v) is 6.83. The summed E-state index contributed by atoms with van der Waals surface area (Å²) < 4.78 is 42.9. The number of hydrogen-bond acceptors (Lipinski definition) is 6. The van der Waals surface area contributed by atoms with Crippen molar-refractivity contribution in [2.24, 2.45) is 0 Å². The summed E-state index contributed by atoms with van der Waals surface area (Å²) in [7, 11) is 1.59. The van der Waals surface area contributed by atoms with E-state index >= 15 is 0 Å². The van der Waals surface area contributed by atoms with Crippen LogP contribution in [-0.2, 0) is 19.3 Å². The van der Waals surface area contributed by atoms with Gasteiger partial charge in [-0.05, 0) is 11.6 Å². The maximum atomic E-state index is 12.6. The Morgan fingerprint density at radius 1 is 1.16 bits per heavy atom. The van der Waals surface area contributed by atoms with Crippen LogP contribution in [0.15, 0.2) is 23.7 Å². The zero-order valence-corrected chi connectivity index (χ0v) is 14.6. The van der Waals surface area contributed by atoms with E-state index in [1.54, 1.807) is 13.3 Å². The van der Waals surface area contributed by atoms with Crippen LogP contribution in [-0.4, -0.2) is 53.1 Å². The minimum atomic E-state index is -4.36. The number of hydrogen-bond donors (Lipinski definition) is 0. The first-order chi connectivity index (χ1) is 11.9. The first-order valence-electron chi connectivity index (χ1n) is 7.89. The summed E-state index contributed by atoms with van der Waals surface area (Å²) >= 11 is 1.07. The number of pyridine rings is 1. The third kappa shape index (κ3) is 4.90. The summed E-state index contributed by atoms with van der Waals surface area (Å²) in [6.07, 6.45) is -2.63. The Balaban J connectivity index is 1.49. The number of halogens is 3. The van der Waals surface area contributed by atoms with Crippen LogP contribution >= 0.6 is 11.3 Å². The topological polar surface area (TPSA) is 41.5 Å². The number of rotatable bonds is 5. The summed E-state index contributed by atoms with van der Waals surface area (Å²) in [6, 6.07) is 3.88. The van der Waals surface area contributed by atoms with Crippen LogP contribution in [0, 0.1) is 0 Å². The largest absolute Gasteiger partial charge is 0.481 e. The third-order valence-corrected chi connectivity index (χ3v) is 4.91. The summed E-state index contributed by atoms with van der Waals surface area (Å²) in [6.45, 7) is 4.62. The number of nitrogens with zero attached hydrogens (tertiary/aromatic N) is 4. The lowest BCUT2D eigenvalue weighted by Crippen LogP contribution is -2.45. The predicted molar refractivity (Wildman–Crippen MR) is 88.5 cm³/mol. The molecule has 1 aliphatic rings. The number of ether oxygens (including phenoxy) is 1. The van der Waals surface area contributed by atoms with Gasteiger partial charge in [-0.25, -0.2) is 9.97 Å². The van der Waals surface area contributed by atoms with E-state index in [2.05, 4.69) is 19.8 Å². The first-order valence-corrected chi connectivity index (χ1v) is 8.77. The Hall–Kier alpha value is -1.71. The molecule has 5 nitrogen and oxygen atoms in total. The van der Waals surface area contributed by atoms with Crippen LogP contribution in [0.2, 0.25) is 0 Å². The van der Waals surface area contributed by atoms with Gasteiger partial charge in [0.1, 0.15) is 5.01 Å². The molecule has 0 aliphatic carbocycles. The monoisotopic (exact) mass is 372 g/mol. The molecule has 0 atom stereocenters. The van der Waals surface area contributed by atoms with Gasteiger partial charge in [0, 0.05) is 50.4 Å². The lowest BCUT2D eigenvalue weighted by molar-refractivity contribution is -0.140. The van der Waals surface area contributed by atoms with Gasteiger partial charge < -0.3 is 4.74 Å². The van der Waals surface area contributed by atoms with Crippen molar-refractivity contribution in [3.05, 3.63) is 40.0 Å². The normalized spacial score (nSPS) is 17.0. The zero-order chi connectivity index (χ0) is 17.9. The first kappa shape index (κ1) is 18.1. The van der Waals surface area contributed by atoms with Crippen molar-refractivity contribution in [2.75, 3.05) is 33.3 Å². The fourth-order valence-corrected chi connectivity index (χ4v) is 3.57. The maximum absolute atomic E-state index is 12.6. The van der Waals surface area contributed by atoms with Crippen LogP contribution in [0.1, 0.15) is 16.3 Å². The highest BCUT2D eigenvalue weighted by atomic mass is 32.1. The molecule has 0 unspecified atom stereocenters. The molecule has 25 heavy (non-hydrogen) atoms. The molecule has 0 amide bonds. The van der Waals surface area contributed by atoms with Crippen molar-refractivity contribution >= 4 is 11.3 Å². The lowest BCUT2D eigenvalue weighted by atomic mass is 10.2. The molecule has 3 heterocycles. The number of aromatic nitrogens is 2. The second kappa shape index (κ2) is 7.67. The number of piperazine rings is 1. The predicted octanol–water partition coefficient (Wildman–Crippen LogP) is 2.88. The zero-order valence-electron chi connectivity index (χ0n) is 13.8. The molecule has 9 heteroatoms. The highest BCUT2D eigenvalue weighted by Crippen LogP contribution is 2.30. The van der Waals surface area contributed by atoms with Gasteiger partial charge >= 0.3 is 6.18 Å². The number of alkyl halides is 3. The summed E-state index contributed by atoms with van der Waals surface area (Å²) in [5.41, 5.74) is 0.341. The second-order valence-electron chi connectivity index (χ2n) is 5.88. The molecular formula is C16H19F3N4OS. The fourth-order valence-electron chi connectivity index (χ4n) is 2.73. The Bertz CT molecular complexity index is 699. The van der Waals surface area contributed by atoms with Gasteiger partial charge in [-0.15, -0.1) is 11.3 Å². The molecule has 2 aromatic heterocycles. The Morgan fingerprint density at radius 2 is 1.84 bits per heavy atom. The summed E-state index contributed by atoms with van der Waals surface area (Å²) in [5, 5.41) is 1.60. The minimum Gasteiger partial charge on any atom is -0.481 e. The highest BCUT2D eigenvalue weighted by molar-refractivity contribution is 7.09. The van der Waals surface area contributed by atoms with Gasteiger partial charge in [-0.2, -0.15) is 13.2 Å². The van der Waals surface area contributed by atoms with E-state index in [1.165, 1.54) is 0 Å². The average Bonchev–Trinajstić information content (AvgIpc) is 3.06. The summed E-state index contributed by atoms with van der Waals surface area (Å²) in [5.74, 6) is 0.598. The van der Waals surface area contributed by atoms with E-state index in [9.17, 15) is 13.2 Å². The molecule has 1 saturated heterocycles. The minimum absolute atomic E-state index is 0.470. The van der Waals surface area contributed by atoms with E-state index in [0.717, 1.165) is 55.0 Å². The van der Waals surface area contributed by atoms with Crippen molar-refractivity contribution in [1.82, 2.24) is 19.8 Å². The highest BCUT2D eigenvalue weighted by Gasteiger charge is 2.33. The third-order valence-electron chi connectivity index (χ3n) is 4.08. The van der Waals surface area contributed by atoms with Crippen LogP contribution < -0.4 is 4.74 Å². The Morgan fingerprint density at radius 3 is 2.44 bits per heavy atom. The molecule has 1 fully saturated rings. The molecule has 3 rings (SSSR count). The smallest absolute Gasteiger partial charge is 0.434 e. The van der Waals surface area contributed by atoms with Crippen LogP contribution in [0.3, 0.4) is 0 Å². The molecular weight excluding hydrogens is 353 g/mol. The Labute approximate surface area is 148 Å². The molecule has 1 aliphatic heterocycles. The molecule has 0 saturated carbocycles. The van der Waals surface area contributed by atoms with Gasteiger partial charge in [-0.3, -0.25) is 9.80 Å². The van der Waals surface area contributed by atoms with Crippen molar-refractivity contribution in [1.29, 1.82) is 0 Å². The SMILES string of the molecule is COc1cc(CN2CCN(Cc3nc(C(F)(F)F)cs3)CC2)ccn1. The van der Waals surface area contributed by atoms with Gasteiger partial charge in [0.05, 0.1) is 13.7 Å². The van der Waals surface area contributed by atoms with Crippen molar-refractivity contribution in [3.63, 3.8) is 0 Å². The van der Waals surface area contributed by atoms with Gasteiger partial charge in [0.25, 0.3) is 0 Å². The molecule has 136 valence electrons. The van der Waals surface area contributed by atoms with Crippen LogP contribution in [0.4, 0.5) is 13.2 Å². The Kier molecular flexibility index (Phi) is 5.55. The lowest BCUT2D eigenvalue weighted by Gasteiger charge is -2.34. The van der Waals surface area contributed by atoms with Gasteiger partial charge in [0.15, 0.2) is 5.69 Å². The van der Waals surface area contributed by atoms with Crippen LogP contribution in [0.25, 0.3) is 0 Å². The number of thiazole rings is 1. The summed E-state index contributed by atoms with van der Waals surface area (Å²) in [4.78, 5) is 12.2. The molecule has 2 aromatic rings. The van der Waals surface area contributed by atoms with E-state index in [4.69, 9.17) is 4.74 Å². The van der Waals surface area contributed by atoms with E-state index in [1.807, 2.05) is 12.1 Å². The van der Waals surface area contributed by atoms with Gasteiger partial charge in [0.2, 0.25) is 5.88 Å². The molecule has 0 spiro atoms. The fraction of sp³-hybridized carbons (Fsp3) is 0.500. The van der Waals surface area contributed by atoms with Crippen molar-refractivity contribution in [3.8, 4) is 5.88 Å². The molecule has 0 N–H and O–H groups in total. The average molecular weight is 372 g/mol. The van der Waals surface area contributed by atoms with E-state index in [-0.39, 0.29) is 0 Å². The standard InChI is InChI=1S/C16H19F3N4OS/c1-24-14-8-12(2-3-20-14)9-22-4-6-23(7-5-22)10-15-21-13(11-25-15)16(17,18)19/h2-3,8,11H,4-7,9-10H2,1H3. The van der Waals surface area contributed by atoms with Gasteiger partial charge in [-0.1, -0.05) is 0 Å². The van der Waals surface area contributed by atoms with Crippen molar-refractivity contribution < 1.29 is 17.9 Å². The molecule has 0 bridgehead atoms. The maximum Gasteiger partial charge on any atom is 0.434 e. The van der Waals surface area contributed by atoms with Crippen molar-refractivity contribution in [2.45, 2.75) is 19.3 Å².